The highest BCUT2D eigenvalue weighted by molar-refractivity contribution is 6.34. The van der Waals surface area contributed by atoms with E-state index in [9.17, 15) is 9.59 Å². The molecule has 26 heavy (non-hydrogen) atoms. The number of nitrogens with zero attached hydrogens (tertiary/aromatic N) is 2. The second-order valence-corrected chi connectivity index (χ2v) is 6.74. The van der Waals surface area contributed by atoms with E-state index < -0.39 is 0 Å². The SMILES string of the molecule is CC(C)CNC(=O)c1ccc(NC(=O)NCCCn2ccnc2)cc1Cl. The van der Waals surface area contributed by atoms with E-state index in [1.807, 2.05) is 24.6 Å². The third kappa shape index (κ3) is 6.40. The van der Waals surface area contributed by atoms with Crippen molar-refractivity contribution < 1.29 is 9.59 Å². The standard InChI is InChI=1S/C18H24ClN5O2/c1-13(2)11-22-17(25)15-5-4-14(10-16(15)19)23-18(26)21-6-3-8-24-9-7-20-12-24/h4-5,7,9-10,12-13H,3,6,8,11H2,1-2H3,(H,22,25)(H2,21,23,26). The molecule has 0 radical (unpaired) electrons. The van der Waals surface area contributed by atoms with Crippen molar-refractivity contribution in [1.82, 2.24) is 20.2 Å². The third-order valence-corrected chi connectivity index (χ3v) is 3.89. The molecule has 3 amide bonds. The van der Waals surface area contributed by atoms with E-state index in [1.54, 1.807) is 30.7 Å². The van der Waals surface area contributed by atoms with Crippen LogP contribution in [0.15, 0.2) is 36.9 Å². The Morgan fingerprint density at radius 1 is 1.27 bits per heavy atom. The fraction of sp³-hybridized carbons (Fsp3) is 0.389. The molecule has 140 valence electrons. The number of aryl methyl sites for hydroxylation is 1. The summed E-state index contributed by atoms with van der Waals surface area (Å²) >= 11 is 6.17. The molecule has 1 aromatic carbocycles. The monoisotopic (exact) mass is 377 g/mol. The molecule has 0 unspecified atom stereocenters. The van der Waals surface area contributed by atoms with Crippen molar-refractivity contribution in [3.8, 4) is 0 Å². The number of rotatable bonds is 8. The Kier molecular flexibility index (Phi) is 7.47. The first-order valence-corrected chi connectivity index (χ1v) is 8.92. The number of benzene rings is 1. The molecule has 2 rings (SSSR count). The average molecular weight is 378 g/mol. The Balaban J connectivity index is 1.78. The molecule has 0 atom stereocenters. The molecular weight excluding hydrogens is 354 g/mol. The van der Waals surface area contributed by atoms with Crippen LogP contribution in [0.4, 0.5) is 10.5 Å². The van der Waals surface area contributed by atoms with Crippen molar-refractivity contribution in [3.05, 3.63) is 47.5 Å². The van der Waals surface area contributed by atoms with Gasteiger partial charge in [-0.15, -0.1) is 0 Å². The van der Waals surface area contributed by atoms with Gasteiger partial charge in [-0.2, -0.15) is 0 Å². The lowest BCUT2D eigenvalue weighted by Crippen LogP contribution is -2.30. The molecule has 0 spiro atoms. The summed E-state index contributed by atoms with van der Waals surface area (Å²) in [4.78, 5) is 28.0. The van der Waals surface area contributed by atoms with Crippen molar-refractivity contribution in [1.29, 1.82) is 0 Å². The van der Waals surface area contributed by atoms with E-state index in [1.165, 1.54) is 0 Å². The maximum absolute atomic E-state index is 12.1. The largest absolute Gasteiger partial charge is 0.352 e. The fourth-order valence-corrected chi connectivity index (χ4v) is 2.49. The van der Waals surface area contributed by atoms with Crippen LogP contribution >= 0.6 is 11.6 Å². The van der Waals surface area contributed by atoms with Gasteiger partial charge in [0.2, 0.25) is 0 Å². The number of hydrogen-bond acceptors (Lipinski definition) is 3. The number of anilines is 1. The van der Waals surface area contributed by atoms with E-state index in [-0.39, 0.29) is 11.9 Å². The van der Waals surface area contributed by atoms with Gasteiger partial charge in [0.1, 0.15) is 0 Å². The van der Waals surface area contributed by atoms with Gasteiger partial charge in [-0.3, -0.25) is 4.79 Å². The maximum atomic E-state index is 12.1. The van der Waals surface area contributed by atoms with Crippen LogP contribution in [-0.4, -0.2) is 34.6 Å². The molecule has 0 aliphatic rings. The van der Waals surface area contributed by atoms with E-state index in [2.05, 4.69) is 20.9 Å². The highest BCUT2D eigenvalue weighted by Gasteiger charge is 2.12. The van der Waals surface area contributed by atoms with Gasteiger partial charge >= 0.3 is 6.03 Å². The number of urea groups is 1. The van der Waals surface area contributed by atoms with Gasteiger partial charge < -0.3 is 20.5 Å². The Morgan fingerprint density at radius 2 is 2.08 bits per heavy atom. The number of amides is 3. The van der Waals surface area contributed by atoms with Gasteiger partial charge in [0.05, 0.1) is 16.9 Å². The molecular formula is C18H24ClN5O2. The lowest BCUT2D eigenvalue weighted by molar-refractivity contribution is 0.0949. The molecule has 3 N–H and O–H groups in total. The zero-order chi connectivity index (χ0) is 18.9. The molecule has 8 heteroatoms. The molecule has 0 saturated carbocycles. The van der Waals surface area contributed by atoms with Crippen molar-refractivity contribution in [3.63, 3.8) is 0 Å². The van der Waals surface area contributed by atoms with E-state index in [0.717, 1.165) is 13.0 Å². The van der Waals surface area contributed by atoms with Crippen LogP contribution in [0.1, 0.15) is 30.6 Å². The van der Waals surface area contributed by atoms with Crippen LogP contribution in [0.25, 0.3) is 0 Å². The molecule has 0 bridgehead atoms. The number of imidazole rings is 1. The Morgan fingerprint density at radius 3 is 2.73 bits per heavy atom. The first-order valence-electron chi connectivity index (χ1n) is 8.54. The molecule has 7 nitrogen and oxygen atoms in total. The zero-order valence-corrected chi connectivity index (χ0v) is 15.7. The van der Waals surface area contributed by atoms with Gasteiger partial charge in [0.15, 0.2) is 0 Å². The second-order valence-electron chi connectivity index (χ2n) is 6.33. The van der Waals surface area contributed by atoms with Crippen LogP contribution in [0.3, 0.4) is 0 Å². The number of halogens is 1. The molecule has 0 aliphatic carbocycles. The summed E-state index contributed by atoms with van der Waals surface area (Å²) < 4.78 is 1.95. The Hall–Kier alpha value is -2.54. The van der Waals surface area contributed by atoms with Gasteiger partial charge in [0, 0.05) is 37.7 Å². The minimum absolute atomic E-state index is 0.223. The maximum Gasteiger partial charge on any atom is 0.319 e. The summed E-state index contributed by atoms with van der Waals surface area (Å²) in [6.07, 6.45) is 6.12. The van der Waals surface area contributed by atoms with Crippen molar-refractivity contribution in [2.45, 2.75) is 26.8 Å². The van der Waals surface area contributed by atoms with Gasteiger partial charge in [-0.1, -0.05) is 25.4 Å². The number of hydrogen-bond donors (Lipinski definition) is 3. The summed E-state index contributed by atoms with van der Waals surface area (Å²) in [7, 11) is 0. The molecule has 0 saturated heterocycles. The minimum Gasteiger partial charge on any atom is -0.352 e. The predicted molar refractivity (Wildman–Crippen MR) is 102 cm³/mol. The van der Waals surface area contributed by atoms with Crippen LogP contribution < -0.4 is 16.0 Å². The van der Waals surface area contributed by atoms with E-state index in [4.69, 9.17) is 11.6 Å². The number of carbonyl (C=O) groups excluding carboxylic acids is 2. The van der Waals surface area contributed by atoms with Crippen molar-refractivity contribution in [2.24, 2.45) is 5.92 Å². The topological polar surface area (TPSA) is 88.0 Å². The molecule has 0 aliphatic heterocycles. The highest BCUT2D eigenvalue weighted by Crippen LogP contribution is 2.21. The van der Waals surface area contributed by atoms with Gasteiger partial charge in [-0.25, -0.2) is 9.78 Å². The fourth-order valence-electron chi connectivity index (χ4n) is 2.23. The van der Waals surface area contributed by atoms with Crippen LogP contribution in [0.2, 0.25) is 5.02 Å². The molecule has 2 aromatic rings. The van der Waals surface area contributed by atoms with Crippen molar-refractivity contribution in [2.75, 3.05) is 18.4 Å². The highest BCUT2D eigenvalue weighted by atomic mass is 35.5. The first-order chi connectivity index (χ1) is 12.5. The molecule has 0 fully saturated rings. The first kappa shape index (κ1) is 19.8. The Labute approximate surface area is 158 Å². The molecule has 1 heterocycles. The van der Waals surface area contributed by atoms with Gasteiger partial charge in [-0.05, 0) is 30.5 Å². The smallest absolute Gasteiger partial charge is 0.319 e. The number of aromatic nitrogens is 2. The van der Waals surface area contributed by atoms with E-state index >= 15 is 0 Å². The molecule has 1 aromatic heterocycles. The number of carbonyl (C=O) groups is 2. The summed E-state index contributed by atoms with van der Waals surface area (Å²) in [5.74, 6) is 0.135. The van der Waals surface area contributed by atoms with Gasteiger partial charge in [0.25, 0.3) is 5.91 Å². The third-order valence-electron chi connectivity index (χ3n) is 3.58. The summed E-state index contributed by atoms with van der Waals surface area (Å²) in [6.45, 7) is 5.93. The zero-order valence-electron chi connectivity index (χ0n) is 15.0. The van der Waals surface area contributed by atoms with E-state index in [0.29, 0.717) is 35.3 Å². The van der Waals surface area contributed by atoms with Crippen LogP contribution in [-0.2, 0) is 6.54 Å². The van der Waals surface area contributed by atoms with Crippen LogP contribution in [0, 0.1) is 5.92 Å². The Bertz CT molecular complexity index is 731. The summed E-state index contributed by atoms with van der Waals surface area (Å²) in [6, 6.07) is 4.51. The van der Waals surface area contributed by atoms with Crippen molar-refractivity contribution >= 4 is 29.2 Å². The van der Waals surface area contributed by atoms with Crippen LogP contribution in [0.5, 0.6) is 0 Å². The summed E-state index contributed by atoms with van der Waals surface area (Å²) in [5, 5.41) is 8.60. The average Bonchev–Trinajstić information content (AvgIpc) is 3.10. The quantitative estimate of drug-likeness (QED) is 0.617. The number of nitrogens with one attached hydrogen (secondary N) is 3. The lowest BCUT2D eigenvalue weighted by Gasteiger charge is -2.11. The lowest BCUT2D eigenvalue weighted by atomic mass is 10.1. The summed E-state index contributed by atoms with van der Waals surface area (Å²) in [5.41, 5.74) is 0.918. The predicted octanol–water partition coefficient (Wildman–Crippen LogP) is 3.13. The normalized spacial score (nSPS) is 10.6. The second kappa shape index (κ2) is 9.82. The minimum atomic E-state index is -0.316.